The van der Waals surface area contributed by atoms with Gasteiger partial charge in [-0.2, -0.15) is 0 Å². The molecule has 4 rings (SSSR count). The van der Waals surface area contributed by atoms with Crippen LogP contribution >= 0.6 is 0 Å². The lowest BCUT2D eigenvalue weighted by atomic mass is 9.71. The number of nitrogens with zero attached hydrogens (tertiary/aromatic N) is 1. The number of ether oxygens (including phenoxy) is 3. The zero-order chi connectivity index (χ0) is 24.8. The van der Waals surface area contributed by atoms with Gasteiger partial charge < -0.3 is 14.2 Å². The fourth-order valence-electron chi connectivity index (χ4n) is 4.81. The van der Waals surface area contributed by atoms with Crippen LogP contribution in [0.25, 0.3) is 0 Å². The average molecular weight is 476 g/mol. The second-order valence-corrected chi connectivity index (χ2v) is 9.05. The summed E-state index contributed by atoms with van der Waals surface area (Å²) in [6.07, 6.45) is 3.72. The van der Waals surface area contributed by atoms with Gasteiger partial charge in [0.25, 0.3) is 0 Å². The molecule has 184 valence electrons. The number of carbonyl (C=O) groups is 2. The number of allylic oxidation sites excluding steroid dienone is 2. The van der Waals surface area contributed by atoms with Gasteiger partial charge in [-0.3, -0.25) is 14.6 Å². The summed E-state index contributed by atoms with van der Waals surface area (Å²) in [5, 5.41) is 0. The van der Waals surface area contributed by atoms with E-state index in [0.29, 0.717) is 42.4 Å². The minimum atomic E-state index is -0.645. The number of hydrogen-bond donors (Lipinski definition) is 0. The number of carbonyl (C=O) groups excluding carboxylic acids is 2. The lowest BCUT2D eigenvalue weighted by Gasteiger charge is -2.34. The lowest BCUT2D eigenvalue weighted by Crippen LogP contribution is -2.37. The highest BCUT2D eigenvalue weighted by atomic mass is 16.5. The molecule has 2 aromatic rings. The molecule has 0 saturated heterocycles. The Kier molecular flexibility index (Phi) is 8.01. The van der Waals surface area contributed by atoms with Crippen LogP contribution in [0.15, 0.2) is 64.8 Å². The highest BCUT2D eigenvalue weighted by Crippen LogP contribution is 2.45. The van der Waals surface area contributed by atoms with Crippen LogP contribution in [0.5, 0.6) is 11.5 Å². The quantitative estimate of drug-likeness (QED) is 0.339. The van der Waals surface area contributed by atoms with E-state index in [1.165, 1.54) is 0 Å². The molecule has 0 amide bonds. The van der Waals surface area contributed by atoms with Crippen LogP contribution in [0.1, 0.15) is 63.0 Å². The molecule has 0 fully saturated rings. The third-order valence-electron chi connectivity index (χ3n) is 6.61. The molecule has 1 aliphatic heterocycles. The van der Waals surface area contributed by atoms with E-state index in [0.717, 1.165) is 42.5 Å². The second-order valence-electron chi connectivity index (χ2n) is 9.05. The molecule has 0 saturated carbocycles. The van der Waals surface area contributed by atoms with E-state index in [9.17, 15) is 9.59 Å². The van der Waals surface area contributed by atoms with Crippen molar-refractivity contribution in [1.82, 2.24) is 0 Å². The van der Waals surface area contributed by atoms with Crippen LogP contribution < -0.4 is 9.47 Å². The van der Waals surface area contributed by atoms with Crippen molar-refractivity contribution in [2.75, 3.05) is 13.7 Å². The fourth-order valence-corrected chi connectivity index (χ4v) is 4.81. The van der Waals surface area contributed by atoms with E-state index in [2.05, 4.69) is 6.92 Å². The largest absolute Gasteiger partial charge is 0.493 e. The fraction of sp³-hybridized carbons (Fsp3) is 0.414. The average Bonchev–Trinajstić information content (AvgIpc) is 2.87. The molecule has 35 heavy (non-hydrogen) atoms. The van der Waals surface area contributed by atoms with Gasteiger partial charge in [-0.15, -0.1) is 0 Å². The number of ketones is 1. The Morgan fingerprint density at radius 2 is 1.89 bits per heavy atom. The number of rotatable bonds is 9. The Morgan fingerprint density at radius 3 is 2.63 bits per heavy atom. The van der Waals surface area contributed by atoms with E-state index < -0.39 is 11.8 Å². The molecular weight excluding hydrogens is 442 g/mol. The number of hydrogen-bond acceptors (Lipinski definition) is 6. The van der Waals surface area contributed by atoms with Crippen molar-refractivity contribution in [2.45, 2.75) is 58.5 Å². The maximum atomic E-state index is 13.2. The number of esters is 1. The number of aliphatic imine (C=N–C) groups is 1. The van der Waals surface area contributed by atoms with Crippen LogP contribution in [0, 0.1) is 5.92 Å². The third kappa shape index (κ3) is 5.47. The molecule has 0 N–H and O–H groups in total. The molecule has 1 aliphatic carbocycles. The van der Waals surface area contributed by atoms with Crippen molar-refractivity contribution in [3.05, 3.63) is 70.9 Å². The van der Waals surface area contributed by atoms with Crippen molar-refractivity contribution in [2.24, 2.45) is 10.9 Å². The monoisotopic (exact) mass is 475 g/mol. The molecule has 1 heterocycles. The molecular formula is C29H33NO5. The molecule has 0 aromatic heterocycles. The number of benzene rings is 2. The molecule has 0 radical (unpaired) electrons. The van der Waals surface area contributed by atoms with E-state index in [1.807, 2.05) is 55.5 Å². The molecule has 2 aromatic carbocycles. The topological polar surface area (TPSA) is 74.2 Å². The van der Waals surface area contributed by atoms with E-state index in [1.54, 1.807) is 7.11 Å². The first-order chi connectivity index (χ1) is 17.0. The van der Waals surface area contributed by atoms with Gasteiger partial charge in [0.1, 0.15) is 12.5 Å². The summed E-state index contributed by atoms with van der Waals surface area (Å²) in [7, 11) is 1.59. The van der Waals surface area contributed by atoms with Gasteiger partial charge in [0.2, 0.25) is 0 Å². The maximum Gasteiger partial charge on any atom is 0.315 e. The molecule has 6 heteroatoms. The number of unbranched alkanes of at least 4 members (excludes halogenated alkanes) is 1. The molecule has 1 unspecified atom stereocenters. The van der Waals surface area contributed by atoms with Gasteiger partial charge >= 0.3 is 5.97 Å². The summed E-state index contributed by atoms with van der Waals surface area (Å²) in [5.74, 6) is -0.218. The first-order valence-electron chi connectivity index (χ1n) is 12.4. The van der Waals surface area contributed by atoms with Crippen LogP contribution in [0.4, 0.5) is 0 Å². The van der Waals surface area contributed by atoms with Crippen LogP contribution in [0.3, 0.4) is 0 Å². The van der Waals surface area contributed by atoms with Crippen molar-refractivity contribution >= 4 is 17.5 Å². The smallest absolute Gasteiger partial charge is 0.315 e. The summed E-state index contributed by atoms with van der Waals surface area (Å²) in [5.41, 5.74) is 4.00. The summed E-state index contributed by atoms with van der Waals surface area (Å²) in [6.45, 7) is 4.68. The minimum absolute atomic E-state index is 0.0576. The second kappa shape index (κ2) is 11.3. The predicted molar refractivity (Wildman–Crippen MR) is 135 cm³/mol. The van der Waals surface area contributed by atoms with Crippen LogP contribution in [-0.4, -0.2) is 31.2 Å². The van der Waals surface area contributed by atoms with Crippen molar-refractivity contribution in [3.8, 4) is 11.5 Å². The van der Waals surface area contributed by atoms with Gasteiger partial charge in [-0.05, 0) is 49.4 Å². The first-order valence-corrected chi connectivity index (χ1v) is 12.4. The Balaban J connectivity index is 1.68. The summed E-state index contributed by atoms with van der Waals surface area (Å²) in [4.78, 5) is 31.0. The van der Waals surface area contributed by atoms with Gasteiger partial charge in [0.05, 0.1) is 13.7 Å². The van der Waals surface area contributed by atoms with Gasteiger partial charge in [0.15, 0.2) is 17.3 Å². The molecule has 2 atom stereocenters. The molecule has 6 nitrogen and oxygen atoms in total. The minimum Gasteiger partial charge on any atom is -0.493 e. The zero-order valence-electron chi connectivity index (χ0n) is 20.7. The maximum absolute atomic E-state index is 13.2. The van der Waals surface area contributed by atoms with Gasteiger partial charge in [0, 0.05) is 29.3 Å². The predicted octanol–water partition coefficient (Wildman–Crippen LogP) is 5.80. The van der Waals surface area contributed by atoms with Crippen molar-refractivity contribution in [3.63, 3.8) is 0 Å². The molecule has 2 aliphatic rings. The number of methoxy groups -OCH3 is 1. The van der Waals surface area contributed by atoms with Gasteiger partial charge in [-0.25, -0.2) is 0 Å². The zero-order valence-corrected chi connectivity index (χ0v) is 20.7. The van der Waals surface area contributed by atoms with Crippen LogP contribution in [0.2, 0.25) is 0 Å². The van der Waals surface area contributed by atoms with E-state index in [-0.39, 0.29) is 11.8 Å². The van der Waals surface area contributed by atoms with E-state index in [4.69, 9.17) is 19.2 Å². The summed E-state index contributed by atoms with van der Waals surface area (Å²) in [6, 6.07) is 15.6. The summed E-state index contributed by atoms with van der Waals surface area (Å²) >= 11 is 0. The molecule has 0 spiro atoms. The Hall–Kier alpha value is -3.41. The summed E-state index contributed by atoms with van der Waals surface area (Å²) < 4.78 is 17.3. The SMILES string of the molecule is CCCCOC(=O)C1C(C)=NC2=C(C(=O)CCC2)[C@H]1c1ccc(OCc2ccccc2)c(OC)c1. The first kappa shape index (κ1) is 24.7. The van der Waals surface area contributed by atoms with E-state index >= 15 is 0 Å². The lowest BCUT2D eigenvalue weighted by molar-refractivity contribution is -0.146. The van der Waals surface area contributed by atoms with Gasteiger partial charge in [-0.1, -0.05) is 49.7 Å². The third-order valence-corrected chi connectivity index (χ3v) is 6.61. The highest BCUT2D eigenvalue weighted by Gasteiger charge is 2.43. The Morgan fingerprint density at radius 1 is 1.09 bits per heavy atom. The Labute approximate surface area is 207 Å². The van der Waals surface area contributed by atoms with Crippen molar-refractivity contribution in [1.29, 1.82) is 0 Å². The standard InChI is InChI=1S/C29H33NO5/c1-4-5-16-34-29(32)26-19(2)30-22-12-9-13-23(31)28(22)27(26)21-14-15-24(25(17-21)33-3)35-18-20-10-7-6-8-11-20/h6-8,10-11,14-15,17,26-27H,4-5,9,12-13,16,18H2,1-3H3/t26?,27-/m0/s1. The highest BCUT2D eigenvalue weighted by molar-refractivity contribution is 6.08. The molecule has 0 bridgehead atoms. The Bertz CT molecular complexity index is 1140. The normalized spacial score (nSPS) is 19.6. The van der Waals surface area contributed by atoms with Crippen molar-refractivity contribution < 1.29 is 23.8 Å². The number of Topliss-reactive ketones (excluding diaryl/α,β-unsaturated/α-hetero) is 1. The van der Waals surface area contributed by atoms with Crippen LogP contribution in [-0.2, 0) is 20.9 Å².